The third-order valence-corrected chi connectivity index (χ3v) is 6.83. The van der Waals surface area contributed by atoms with Gasteiger partial charge >= 0.3 is 5.97 Å². The van der Waals surface area contributed by atoms with E-state index in [1.54, 1.807) is 37.4 Å². The van der Waals surface area contributed by atoms with Crippen molar-refractivity contribution in [2.75, 3.05) is 23.9 Å². The van der Waals surface area contributed by atoms with E-state index in [0.717, 1.165) is 17.1 Å². The Morgan fingerprint density at radius 1 is 1.04 bits per heavy atom. The molecule has 7 heteroatoms. The van der Waals surface area contributed by atoms with Crippen LogP contribution >= 0.6 is 23.5 Å². The summed E-state index contributed by atoms with van der Waals surface area (Å²) >= 11 is 3.81. The summed E-state index contributed by atoms with van der Waals surface area (Å²) in [5.41, 5.74) is 2.18. The van der Waals surface area contributed by atoms with Gasteiger partial charge in [0.2, 0.25) is 5.91 Å². The highest BCUT2D eigenvalue weighted by atomic mass is 32.2. The number of nitrogens with one attached hydrogen (secondary N) is 1. The molecule has 1 aliphatic heterocycles. The Morgan fingerprint density at radius 3 is 2.35 bits per heavy atom. The molecule has 0 spiro atoms. The van der Waals surface area contributed by atoms with Gasteiger partial charge in [-0.1, -0.05) is 6.07 Å². The molecule has 26 heavy (non-hydrogen) atoms. The number of carbonyl (C=O) groups excluding carboxylic acids is 2. The standard InChI is InChI=1S/C19H19NO4S2/c1-12(21)20-15-6-3-13(4-7-15)18(22)24-16-8-5-14(11-17(16)23-2)19-25-9-10-26-19/h3-8,11,19H,9-10H2,1-2H3,(H,20,21). The maximum absolute atomic E-state index is 12.4. The Bertz CT molecular complexity index is 802. The van der Waals surface area contributed by atoms with E-state index in [0.29, 0.717) is 27.3 Å². The van der Waals surface area contributed by atoms with Gasteiger partial charge in [-0.25, -0.2) is 4.79 Å². The van der Waals surface area contributed by atoms with E-state index in [1.165, 1.54) is 6.92 Å². The zero-order valence-corrected chi connectivity index (χ0v) is 16.1. The second kappa shape index (κ2) is 8.51. The van der Waals surface area contributed by atoms with Crippen LogP contribution < -0.4 is 14.8 Å². The number of anilines is 1. The van der Waals surface area contributed by atoms with Crippen LogP contribution in [-0.4, -0.2) is 30.5 Å². The van der Waals surface area contributed by atoms with Crippen molar-refractivity contribution in [3.05, 3.63) is 53.6 Å². The van der Waals surface area contributed by atoms with Crippen LogP contribution in [0.4, 0.5) is 5.69 Å². The number of ether oxygens (including phenoxy) is 2. The first-order chi connectivity index (χ1) is 12.6. The summed E-state index contributed by atoms with van der Waals surface area (Å²) in [5, 5.41) is 2.66. The summed E-state index contributed by atoms with van der Waals surface area (Å²) in [4.78, 5) is 23.4. The van der Waals surface area contributed by atoms with E-state index in [1.807, 2.05) is 35.7 Å². The van der Waals surface area contributed by atoms with Gasteiger partial charge in [0.15, 0.2) is 11.5 Å². The Hall–Kier alpha value is -2.12. The maximum Gasteiger partial charge on any atom is 0.343 e. The van der Waals surface area contributed by atoms with E-state index in [4.69, 9.17) is 9.47 Å². The topological polar surface area (TPSA) is 64.6 Å². The van der Waals surface area contributed by atoms with Crippen LogP contribution in [0.5, 0.6) is 11.5 Å². The Balaban J connectivity index is 1.72. The lowest BCUT2D eigenvalue weighted by molar-refractivity contribution is -0.114. The molecular formula is C19H19NO4S2. The van der Waals surface area contributed by atoms with Gasteiger partial charge < -0.3 is 14.8 Å². The first-order valence-electron chi connectivity index (χ1n) is 8.08. The molecule has 1 amide bonds. The van der Waals surface area contributed by atoms with Crippen molar-refractivity contribution in [1.82, 2.24) is 0 Å². The fraction of sp³-hybridized carbons (Fsp3) is 0.263. The van der Waals surface area contributed by atoms with Crippen molar-refractivity contribution in [2.45, 2.75) is 11.5 Å². The Kier molecular flexibility index (Phi) is 6.11. The first-order valence-corrected chi connectivity index (χ1v) is 10.2. The van der Waals surface area contributed by atoms with Gasteiger partial charge in [0, 0.05) is 24.1 Å². The Morgan fingerprint density at radius 2 is 1.73 bits per heavy atom. The minimum absolute atomic E-state index is 0.163. The Labute approximate surface area is 160 Å². The van der Waals surface area contributed by atoms with Crippen molar-refractivity contribution < 1.29 is 19.1 Å². The summed E-state index contributed by atoms with van der Waals surface area (Å²) in [6, 6.07) is 12.2. The average molecular weight is 389 g/mol. The molecule has 0 radical (unpaired) electrons. The molecule has 0 aliphatic carbocycles. The lowest BCUT2D eigenvalue weighted by Gasteiger charge is -2.13. The van der Waals surface area contributed by atoms with Gasteiger partial charge in [0.25, 0.3) is 0 Å². The number of amides is 1. The van der Waals surface area contributed by atoms with Crippen molar-refractivity contribution in [3.8, 4) is 11.5 Å². The molecule has 0 bridgehead atoms. The highest BCUT2D eigenvalue weighted by Crippen LogP contribution is 2.47. The predicted octanol–water partition coefficient (Wildman–Crippen LogP) is 4.35. The summed E-state index contributed by atoms with van der Waals surface area (Å²) in [6.07, 6.45) is 0. The molecule has 1 saturated heterocycles. The normalized spacial score (nSPS) is 14.1. The number of benzene rings is 2. The predicted molar refractivity (Wildman–Crippen MR) is 106 cm³/mol. The fourth-order valence-electron chi connectivity index (χ4n) is 2.52. The molecule has 3 rings (SSSR count). The van der Waals surface area contributed by atoms with Crippen LogP contribution in [0.1, 0.15) is 27.4 Å². The second-order valence-corrected chi connectivity index (χ2v) is 8.36. The lowest BCUT2D eigenvalue weighted by atomic mass is 10.2. The fourth-order valence-corrected chi connectivity index (χ4v) is 5.36. The highest BCUT2D eigenvalue weighted by molar-refractivity contribution is 8.19. The molecule has 0 saturated carbocycles. The quantitative estimate of drug-likeness (QED) is 0.606. The van der Waals surface area contributed by atoms with Crippen LogP contribution in [0.3, 0.4) is 0 Å². The molecular weight excluding hydrogens is 370 g/mol. The summed E-state index contributed by atoms with van der Waals surface area (Å²) < 4.78 is 11.3. The van der Waals surface area contributed by atoms with Gasteiger partial charge in [0.1, 0.15) is 0 Å². The van der Waals surface area contributed by atoms with Crippen LogP contribution in [0.25, 0.3) is 0 Å². The van der Waals surface area contributed by atoms with Crippen LogP contribution in [0.2, 0.25) is 0 Å². The van der Waals surface area contributed by atoms with Gasteiger partial charge in [-0.05, 0) is 42.0 Å². The zero-order chi connectivity index (χ0) is 18.5. The largest absolute Gasteiger partial charge is 0.493 e. The van der Waals surface area contributed by atoms with Gasteiger partial charge in [0.05, 0.1) is 17.3 Å². The number of thioether (sulfide) groups is 2. The lowest BCUT2D eigenvalue weighted by Crippen LogP contribution is -2.10. The van der Waals surface area contributed by atoms with Gasteiger partial charge in [-0.15, -0.1) is 23.5 Å². The number of carbonyl (C=O) groups is 2. The third-order valence-electron chi connectivity index (χ3n) is 3.73. The average Bonchev–Trinajstić information content (AvgIpc) is 3.16. The van der Waals surface area contributed by atoms with Crippen molar-refractivity contribution >= 4 is 41.1 Å². The molecule has 0 unspecified atom stereocenters. The number of esters is 1. The van der Waals surface area contributed by atoms with Crippen LogP contribution in [0, 0.1) is 0 Å². The van der Waals surface area contributed by atoms with E-state index < -0.39 is 5.97 Å². The number of rotatable bonds is 5. The molecule has 136 valence electrons. The molecule has 5 nitrogen and oxygen atoms in total. The number of hydrogen-bond acceptors (Lipinski definition) is 6. The molecule has 0 aromatic heterocycles. The number of hydrogen-bond donors (Lipinski definition) is 1. The van der Waals surface area contributed by atoms with E-state index in [9.17, 15) is 9.59 Å². The summed E-state index contributed by atoms with van der Waals surface area (Å²) in [7, 11) is 1.56. The van der Waals surface area contributed by atoms with Crippen molar-refractivity contribution in [1.29, 1.82) is 0 Å². The summed E-state index contributed by atoms with van der Waals surface area (Å²) in [6.45, 7) is 1.43. The van der Waals surface area contributed by atoms with E-state index >= 15 is 0 Å². The molecule has 2 aromatic carbocycles. The van der Waals surface area contributed by atoms with E-state index in [2.05, 4.69) is 5.32 Å². The van der Waals surface area contributed by atoms with Crippen molar-refractivity contribution in [2.24, 2.45) is 0 Å². The SMILES string of the molecule is COc1cc(C2SCCS2)ccc1OC(=O)c1ccc(NC(C)=O)cc1. The molecule has 1 heterocycles. The van der Waals surface area contributed by atoms with Gasteiger partial charge in [-0.3, -0.25) is 4.79 Å². The third kappa shape index (κ3) is 4.53. The zero-order valence-electron chi connectivity index (χ0n) is 14.5. The minimum atomic E-state index is -0.477. The maximum atomic E-state index is 12.4. The highest BCUT2D eigenvalue weighted by Gasteiger charge is 2.21. The number of methoxy groups -OCH3 is 1. The van der Waals surface area contributed by atoms with E-state index in [-0.39, 0.29) is 5.91 Å². The monoisotopic (exact) mass is 389 g/mol. The van der Waals surface area contributed by atoms with Crippen molar-refractivity contribution in [3.63, 3.8) is 0 Å². The molecule has 1 N–H and O–H groups in total. The minimum Gasteiger partial charge on any atom is -0.493 e. The van der Waals surface area contributed by atoms with Crippen LogP contribution in [-0.2, 0) is 4.79 Å². The smallest absolute Gasteiger partial charge is 0.343 e. The first kappa shape index (κ1) is 18.7. The summed E-state index contributed by atoms with van der Waals surface area (Å²) in [5.74, 6) is 2.57. The van der Waals surface area contributed by atoms with Crippen LogP contribution in [0.15, 0.2) is 42.5 Å². The molecule has 0 atom stereocenters. The molecule has 2 aromatic rings. The van der Waals surface area contributed by atoms with Gasteiger partial charge in [-0.2, -0.15) is 0 Å². The second-order valence-electron chi connectivity index (χ2n) is 5.63. The molecule has 1 aliphatic rings. The molecule has 1 fully saturated rings.